The highest BCUT2D eigenvalue weighted by Gasteiger charge is 2.18. The highest BCUT2D eigenvalue weighted by molar-refractivity contribution is 14.1. The molecule has 0 aliphatic heterocycles. The zero-order chi connectivity index (χ0) is 14.9. The van der Waals surface area contributed by atoms with E-state index in [1.54, 1.807) is 18.0 Å². The van der Waals surface area contributed by atoms with Crippen LogP contribution in [0.15, 0.2) is 45.3 Å². The van der Waals surface area contributed by atoms with Crippen molar-refractivity contribution in [1.29, 1.82) is 0 Å². The first-order valence-corrected chi connectivity index (χ1v) is 8.34. The van der Waals surface area contributed by atoms with Crippen molar-refractivity contribution in [3.8, 4) is 0 Å². The van der Waals surface area contributed by atoms with Crippen molar-refractivity contribution in [2.45, 2.75) is 0 Å². The normalized spacial score (nSPS) is 10.4. The molecule has 2 rings (SSSR count). The molecule has 104 valence electrons. The molecule has 0 spiro atoms. The summed E-state index contributed by atoms with van der Waals surface area (Å²) in [6.45, 7) is 0. The molecule has 0 atom stereocenters. The molecule has 1 amide bonds. The largest absolute Gasteiger partial charge is 0.397 e. The second kappa shape index (κ2) is 6.44. The Labute approximate surface area is 147 Å². The van der Waals surface area contributed by atoms with Crippen LogP contribution in [-0.2, 0) is 0 Å². The summed E-state index contributed by atoms with van der Waals surface area (Å²) >= 11 is 8.95. The highest BCUT2D eigenvalue weighted by Crippen LogP contribution is 2.28. The Bertz CT molecular complexity index is 676. The Balaban J connectivity index is 2.40. The smallest absolute Gasteiger partial charge is 0.259 e. The van der Waals surface area contributed by atoms with Gasteiger partial charge in [0.05, 0.1) is 16.9 Å². The van der Waals surface area contributed by atoms with E-state index in [2.05, 4.69) is 54.5 Å². The number of rotatable bonds is 2. The molecule has 0 aliphatic carbocycles. The molecule has 0 aliphatic rings. The minimum atomic E-state index is -0.107. The van der Waals surface area contributed by atoms with Gasteiger partial charge in [-0.2, -0.15) is 0 Å². The summed E-state index contributed by atoms with van der Waals surface area (Å²) in [5, 5.41) is 0. The van der Waals surface area contributed by atoms with E-state index in [1.165, 1.54) is 0 Å². The second-order valence-corrected chi connectivity index (χ2v) is 7.21. The van der Waals surface area contributed by atoms with Gasteiger partial charge in [0.25, 0.3) is 5.91 Å². The number of benzene rings is 2. The number of hydrogen-bond donors (Lipinski definition) is 1. The van der Waals surface area contributed by atoms with E-state index in [-0.39, 0.29) is 5.91 Å². The third-order valence-electron chi connectivity index (χ3n) is 2.81. The van der Waals surface area contributed by atoms with Gasteiger partial charge in [-0.3, -0.25) is 4.79 Å². The van der Waals surface area contributed by atoms with Crippen LogP contribution < -0.4 is 10.6 Å². The SMILES string of the molecule is CN(C(=O)c1cc(I)ccc1Br)c1ccc(Br)cc1N. The fourth-order valence-electron chi connectivity index (χ4n) is 1.78. The molecular weight excluding hydrogens is 499 g/mol. The van der Waals surface area contributed by atoms with E-state index < -0.39 is 0 Å². The predicted octanol–water partition coefficient (Wildman–Crippen LogP) is 4.68. The summed E-state index contributed by atoms with van der Waals surface area (Å²) in [6, 6.07) is 11.1. The number of carbonyl (C=O) groups excluding carboxylic acids is 1. The van der Waals surface area contributed by atoms with Crippen LogP contribution in [0, 0.1) is 3.57 Å². The minimum Gasteiger partial charge on any atom is -0.397 e. The topological polar surface area (TPSA) is 46.3 Å². The van der Waals surface area contributed by atoms with Crippen LogP contribution in [0.25, 0.3) is 0 Å². The molecular formula is C14H11Br2IN2O. The molecule has 0 saturated heterocycles. The summed E-state index contributed by atoms with van der Waals surface area (Å²) in [7, 11) is 1.72. The van der Waals surface area contributed by atoms with Crippen molar-refractivity contribution in [2.24, 2.45) is 0 Å². The van der Waals surface area contributed by atoms with Gasteiger partial charge < -0.3 is 10.6 Å². The number of amides is 1. The maximum Gasteiger partial charge on any atom is 0.259 e. The van der Waals surface area contributed by atoms with Crippen molar-refractivity contribution in [1.82, 2.24) is 0 Å². The molecule has 0 unspecified atom stereocenters. The summed E-state index contributed by atoms with van der Waals surface area (Å²) in [5.74, 6) is -0.107. The average molecular weight is 510 g/mol. The van der Waals surface area contributed by atoms with Gasteiger partial charge in [-0.1, -0.05) is 15.9 Å². The molecule has 0 bridgehead atoms. The zero-order valence-electron chi connectivity index (χ0n) is 10.5. The molecule has 3 nitrogen and oxygen atoms in total. The van der Waals surface area contributed by atoms with E-state index >= 15 is 0 Å². The summed E-state index contributed by atoms with van der Waals surface area (Å²) < 4.78 is 2.66. The van der Waals surface area contributed by atoms with E-state index in [1.807, 2.05) is 30.3 Å². The first-order valence-electron chi connectivity index (χ1n) is 5.68. The number of carbonyl (C=O) groups is 1. The fraction of sp³-hybridized carbons (Fsp3) is 0.0714. The quantitative estimate of drug-likeness (QED) is 0.472. The molecule has 2 N–H and O–H groups in total. The van der Waals surface area contributed by atoms with Crippen molar-refractivity contribution in [3.63, 3.8) is 0 Å². The monoisotopic (exact) mass is 508 g/mol. The van der Waals surface area contributed by atoms with Gasteiger partial charge >= 0.3 is 0 Å². The van der Waals surface area contributed by atoms with Crippen molar-refractivity contribution in [2.75, 3.05) is 17.7 Å². The lowest BCUT2D eigenvalue weighted by Gasteiger charge is -2.20. The molecule has 2 aromatic rings. The van der Waals surface area contributed by atoms with Gasteiger partial charge in [0.15, 0.2) is 0 Å². The summed E-state index contributed by atoms with van der Waals surface area (Å²) in [5.41, 5.74) is 7.82. The lowest BCUT2D eigenvalue weighted by molar-refractivity contribution is 0.0992. The van der Waals surface area contributed by atoms with Crippen LogP contribution in [0.4, 0.5) is 11.4 Å². The van der Waals surface area contributed by atoms with Crippen LogP contribution >= 0.6 is 54.5 Å². The van der Waals surface area contributed by atoms with Gasteiger partial charge in [-0.25, -0.2) is 0 Å². The Kier molecular flexibility index (Phi) is 5.09. The Morgan fingerprint density at radius 3 is 2.55 bits per heavy atom. The Morgan fingerprint density at radius 1 is 1.20 bits per heavy atom. The number of hydrogen-bond acceptors (Lipinski definition) is 2. The fourth-order valence-corrected chi connectivity index (χ4v) is 3.07. The minimum absolute atomic E-state index is 0.107. The van der Waals surface area contributed by atoms with Crippen LogP contribution in [0.1, 0.15) is 10.4 Å². The number of halogens is 3. The number of nitrogens with zero attached hydrogens (tertiary/aromatic N) is 1. The lowest BCUT2D eigenvalue weighted by Crippen LogP contribution is -2.27. The molecule has 0 radical (unpaired) electrons. The number of nitrogens with two attached hydrogens (primary N) is 1. The van der Waals surface area contributed by atoms with Crippen LogP contribution in [0.2, 0.25) is 0 Å². The maximum absolute atomic E-state index is 12.6. The second-order valence-electron chi connectivity index (χ2n) is 4.19. The van der Waals surface area contributed by atoms with Crippen LogP contribution in [0.3, 0.4) is 0 Å². The third kappa shape index (κ3) is 3.35. The first kappa shape index (κ1) is 15.8. The van der Waals surface area contributed by atoms with Gasteiger partial charge in [0, 0.05) is 19.6 Å². The van der Waals surface area contributed by atoms with Crippen LogP contribution in [-0.4, -0.2) is 13.0 Å². The maximum atomic E-state index is 12.6. The number of nitrogen functional groups attached to an aromatic ring is 1. The van der Waals surface area contributed by atoms with E-state index in [9.17, 15) is 4.79 Å². The molecule has 0 heterocycles. The molecule has 6 heteroatoms. The van der Waals surface area contributed by atoms with E-state index in [0.29, 0.717) is 16.9 Å². The predicted molar refractivity (Wildman–Crippen MR) is 98.1 cm³/mol. The van der Waals surface area contributed by atoms with Gasteiger partial charge in [-0.15, -0.1) is 0 Å². The highest BCUT2D eigenvalue weighted by atomic mass is 127. The van der Waals surface area contributed by atoms with Gasteiger partial charge in [-0.05, 0) is 74.9 Å². The summed E-state index contributed by atoms with van der Waals surface area (Å²) in [6.07, 6.45) is 0. The van der Waals surface area contributed by atoms with Crippen LogP contribution in [0.5, 0.6) is 0 Å². The third-order valence-corrected chi connectivity index (χ3v) is 4.67. The zero-order valence-corrected chi connectivity index (χ0v) is 15.9. The molecule has 20 heavy (non-hydrogen) atoms. The van der Waals surface area contributed by atoms with Gasteiger partial charge in [0.1, 0.15) is 0 Å². The molecule has 0 saturated carbocycles. The number of anilines is 2. The van der Waals surface area contributed by atoms with Crippen molar-refractivity contribution >= 4 is 71.7 Å². The van der Waals surface area contributed by atoms with Gasteiger partial charge in [0.2, 0.25) is 0 Å². The van der Waals surface area contributed by atoms with E-state index in [4.69, 9.17) is 5.73 Å². The molecule has 0 fully saturated rings. The van der Waals surface area contributed by atoms with E-state index in [0.717, 1.165) is 12.5 Å². The summed E-state index contributed by atoms with van der Waals surface area (Å²) in [4.78, 5) is 14.1. The van der Waals surface area contributed by atoms with Crippen molar-refractivity contribution in [3.05, 3.63) is 54.5 Å². The molecule has 0 aromatic heterocycles. The first-order chi connectivity index (χ1) is 9.40. The average Bonchev–Trinajstić information content (AvgIpc) is 2.40. The van der Waals surface area contributed by atoms with Crippen molar-refractivity contribution < 1.29 is 4.79 Å². The Hall–Kier alpha value is -0.600. The standard InChI is InChI=1S/C14H11Br2IN2O/c1-19(13-5-2-8(15)6-12(13)18)14(20)10-7-9(17)3-4-11(10)16/h2-7H,18H2,1H3. The molecule has 2 aromatic carbocycles. The Morgan fingerprint density at radius 2 is 1.90 bits per heavy atom. The lowest BCUT2D eigenvalue weighted by atomic mass is 10.2.